The van der Waals surface area contributed by atoms with Gasteiger partial charge in [-0.1, -0.05) is 12.1 Å². The number of rotatable bonds is 8. The molecule has 0 saturated heterocycles. The minimum Gasteiger partial charge on any atom is -0.493 e. The molecule has 33 heavy (non-hydrogen) atoms. The third-order valence-electron chi connectivity index (χ3n) is 5.18. The van der Waals surface area contributed by atoms with Gasteiger partial charge in [0.1, 0.15) is 5.65 Å². The molecule has 2 aromatic heterocycles. The lowest BCUT2D eigenvalue weighted by Crippen LogP contribution is -2.19. The number of nitrogens with one attached hydrogen (secondary N) is 2. The van der Waals surface area contributed by atoms with Crippen molar-refractivity contribution in [2.24, 2.45) is 0 Å². The predicted octanol–water partition coefficient (Wildman–Crippen LogP) is 3.48. The molecule has 9 nitrogen and oxygen atoms in total. The molecule has 0 unspecified atom stereocenters. The van der Waals surface area contributed by atoms with Crippen LogP contribution in [0.5, 0.6) is 17.2 Å². The summed E-state index contributed by atoms with van der Waals surface area (Å²) in [6.07, 6.45) is 4.00. The Labute approximate surface area is 191 Å². The van der Waals surface area contributed by atoms with E-state index < -0.39 is 0 Å². The van der Waals surface area contributed by atoms with Crippen LogP contribution in [0.15, 0.2) is 54.9 Å². The maximum atomic E-state index is 11.8. The highest BCUT2D eigenvalue weighted by Crippen LogP contribution is 2.40. The fourth-order valence-corrected chi connectivity index (χ4v) is 3.56. The van der Waals surface area contributed by atoms with E-state index in [1.54, 1.807) is 46.7 Å². The van der Waals surface area contributed by atoms with E-state index in [2.05, 4.69) is 15.6 Å². The van der Waals surface area contributed by atoms with E-state index in [4.69, 9.17) is 19.2 Å². The summed E-state index contributed by atoms with van der Waals surface area (Å²) in [5.41, 5.74) is 3.24. The number of likely N-dealkylation sites (N-methyl/N-ethyl adjacent to an activating group) is 1. The first-order valence-corrected chi connectivity index (χ1v) is 10.3. The molecule has 0 aliphatic heterocycles. The summed E-state index contributed by atoms with van der Waals surface area (Å²) >= 11 is 0. The van der Waals surface area contributed by atoms with Crippen molar-refractivity contribution in [2.75, 3.05) is 33.7 Å². The Morgan fingerprint density at radius 3 is 2.45 bits per heavy atom. The van der Waals surface area contributed by atoms with E-state index in [1.165, 1.54) is 0 Å². The molecule has 2 N–H and O–H groups in total. The second-order valence-electron chi connectivity index (χ2n) is 7.22. The fraction of sp³-hybridized carbons (Fsp3) is 0.208. The van der Waals surface area contributed by atoms with E-state index in [9.17, 15) is 4.79 Å². The van der Waals surface area contributed by atoms with Gasteiger partial charge in [0.15, 0.2) is 11.5 Å². The van der Waals surface area contributed by atoms with Crippen LogP contribution < -0.4 is 24.8 Å². The van der Waals surface area contributed by atoms with Crippen LogP contribution >= 0.6 is 0 Å². The molecule has 1 amide bonds. The lowest BCUT2D eigenvalue weighted by molar-refractivity contribution is -0.119. The minimum absolute atomic E-state index is 0.0383. The van der Waals surface area contributed by atoms with Crippen LogP contribution in [0.3, 0.4) is 0 Å². The molecule has 0 aliphatic rings. The van der Waals surface area contributed by atoms with Crippen molar-refractivity contribution in [3.63, 3.8) is 0 Å². The first kappa shape index (κ1) is 21.9. The summed E-state index contributed by atoms with van der Waals surface area (Å²) in [7, 11) is 6.32. The van der Waals surface area contributed by atoms with Crippen LogP contribution in [0.25, 0.3) is 16.7 Å². The monoisotopic (exact) mass is 447 g/mol. The number of hydrogen-bond acceptors (Lipinski definition) is 7. The number of hydrogen-bond donors (Lipinski definition) is 2. The normalized spacial score (nSPS) is 10.7. The molecule has 4 rings (SSSR count). The third kappa shape index (κ3) is 4.52. The van der Waals surface area contributed by atoms with Crippen LogP contribution in [-0.4, -0.2) is 48.8 Å². The van der Waals surface area contributed by atoms with E-state index >= 15 is 0 Å². The zero-order valence-corrected chi connectivity index (χ0v) is 18.9. The molecule has 9 heteroatoms. The van der Waals surface area contributed by atoms with Gasteiger partial charge in [-0.05, 0) is 23.8 Å². The van der Waals surface area contributed by atoms with Crippen molar-refractivity contribution < 1.29 is 19.0 Å². The smallest absolute Gasteiger partial charge is 0.229 e. The Bertz CT molecular complexity index is 1280. The molecule has 170 valence electrons. The number of carbonyl (C=O) groups is 1. The van der Waals surface area contributed by atoms with Gasteiger partial charge in [0, 0.05) is 48.3 Å². The average molecular weight is 447 g/mol. The molecule has 0 spiro atoms. The first-order chi connectivity index (χ1) is 16.1. The van der Waals surface area contributed by atoms with E-state index in [-0.39, 0.29) is 5.91 Å². The molecule has 0 radical (unpaired) electrons. The van der Waals surface area contributed by atoms with Gasteiger partial charge >= 0.3 is 0 Å². The van der Waals surface area contributed by atoms with Gasteiger partial charge in [-0.25, -0.2) is 4.98 Å². The molecule has 2 aromatic carbocycles. The molecule has 0 saturated carbocycles. The first-order valence-electron chi connectivity index (χ1n) is 10.3. The number of benzene rings is 2. The average Bonchev–Trinajstić information content (AvgIpc) is 3.26. The van der Waals surface area contributed by atoms with Crippen molar-refractivity contribution in [1.82, 2.24) is 19.9 Å². The third-order valence-corrected chi connectivity index (χ3v) is 5.18. The number of methoxy groups -OCH3 is 3. The zero-order valence-electron chi connectivity index (χ0n) is 18.9. The maximum absolute atomic E-state index is 11.8. The van der Waals surface area contributed by atoms with Gasteiger partial charge in [0.05, 0.1) is 27.8 Å². The predicted molar refractivity (Wildman–Crippen MR) is 126 cm³/mol. The number of nitrogens with zero attached hydrogens (tertiary/aromatic N) is 3. The second kappa shape index (κ2) is 9.47. The highest BCUT2D eigenvalue weighted by molar-refractivity contribution is 5.80. The summed E-state index contributed by atoms with van der Waals surface area (Å²) in [5, 5.41) is 6.75. The van der Waals surface area contributed by atoms with Crippen molar-refractivity contribution in [3.05, 3.63) is 60.4 Å². The minimum atomic E-state index is -0.0383. The van der Waals surface area contributed by atoms with Gasteiger partial charge in [-0.3, -0.25) is 4.79 Å². The lowest BCUT2D eigenvalue weighted by Gasteiger charge is -2.14. The van der Waals surface area contributed by atoms with Crippen molar-refractivity contribution in [3.8, 4) is 22.9 Å². The maximum Gasteiger partial charge on any atom is 0.229 e. The van der Waals surface area contributed by atoms with Gasteiger partial charge < -0.3 is 29.4 Å². The highest BCUT2D eigenvalue weighted by Gasteiger charge is 2.15. The molecule has 0 aliphatic carbocycles. The van der Waals surface area contributed by atoms with E-state index in [0.29, 0.717) is 35.3 Å². The van der Waals surface area contributed by atoms with Crippen LogP contribution in [-0.2, 0) is 11.2 Å². The van der Waals surface area contributed by atoms with Crippen molar-refractivity contribution >= 4 is 28.6 Å². The van der Waals surface area contributed by atoms with E-state index in [0.717, 1.165) is 22.3 Å². The fourth-order valence-electron chi connectivity index (χ4n) is 3.56. The topological polar surface area (TPSA) is 99.5 Å². The highest BCUT2D eigenvalue weighted by atomic mass is 16.5. The quantitative estimate of drug-likeness (QED) is 0.427. The summed E-state index contributed by atoms with van der Waals surface area (Å²) < 4.78 is 18.2. The Balaban J connectivity index is 1.68. The number of anilines is 2. The summed E-state index contributed by atoms with van der Waals surface area (Å²) in [6, 6.07) is 13.3. The molecule has 2 heterocycles. The Hall–Kier alpha value is -4.27. The zero-order chi connectivity index (χ0) is 23.4. The number of fused-ring (bicyclic) bond motifs is 1. The number of carbonyl (C=O) groups excluding carboxylic acids is 1. The van der Waals surface area contributed by atoms with Crippen LogP contribution in [0, 0.1) is 0 Å². The van der Waals surface area contributed by atoms with Crippen molar-refractivity contribution in [1.29, 1.82) is 0 Å². The number of ether oxygens (including phenoxy) is 3. The van der Waals surface area contributed by atoms with Gasteiger partial charge in [0.25, 0.3) is 0 Å². The lowest BCUT2D eigenvalue weighted by atomic mass is 10.1. The molecular formula is C24H25N5O4. The summed E-state index contributed by atoms with van der Waals surface area (Å²) in [4.78, 5) is 20.9. The van der Waals surface area contributed by atoms with E-state index in [1.807, 2.05) is 41.1 Å². The molecule has 0 fully saturated rings. The van der Waals surface area contributed by atoms with Gasteiger partial charge in [-0.15, -0.1) is 0 Å². The second-order valence-corrected chi connectivity index (χ2v) is 7.22. The van der Waals surface area contributed by atoms with Crippen LogP contribution in [0.1, 0.15) is 5.56 Å². The molecule has 4 aromatic rings. The number of amides is 1. The van der Waals surface area contributed by atoms with Crippen molar-refractivity contribution in [2.45, 2.75) is 6.42 Å². The Morgan fingerprint density at radius 1 is 1.03 bits per heavy atom. The summed E-state index contributed by atoms with van der Waals surface area (Å²) in [5.74, 6) is 1.93. The largest absolute Gasteiger partial charge is 0.493 e. The molecule has 0 bridgehead atoms. The standard InChI is InChI=1S/C24H25N5O4/c1-25-21(30)11-15-6-5-7-18(10-15)29-9-8-16-14-26-24(28-23(16)29)27-17-12-19(31-2)22(33-4)20(13-17)32-3/h5-10,12-14H,11H2,1-4H3,(H,25,30)(H,26,27,28). The Morgan fingerprint density at radius 2 is 1.79 bits per heavy atom. The number of aromatic nitrogens is 3. The molecular weight excluding hydrogens is 422 g/mol. The SMILES string of the molecule is CNC(=O)Cc1cccc(-n2ccc3cnc(Nc4cc(OC)c(OC)c(OC)c4)nc32)c1. The Kier molecular flexibility index (Phi) is 6.30. The van der Waals surface area contributed by atoms with Gasteiger partial charge in [0.2, 0.25) is 17.6 Å². The van der Waals surface area contributed by atoms with Gasteiger partial charge in [-0.2, -0.15) is 4.98 Å². The van der Waals surface area contributed by atoms with Crippen LogP contribution in [0.2, 0.25) is 0 Å². The summed E-state index contributed by atoms with van der Waals surface area (Å²) in [6.45, 7) is 0. The molecule has 0 atom stereocenters. The van der Waals surface area contributed by atoms with Crippen LogP contribution in [0.4, 0.5) is 11.6 Å².